The van der Waals surface area contributed by atoms with Crippen LogP contribution in [-0.2, 0) is 6.54 Å². The zero-order chi connectivity index (χ0) is 18.9. The van der Waals surface area contributed by atoms with E-state index in [0.29, 0.717) is 41.4 Å². The smallest absolute Gasteiger partial charge is 0.191 e. The summed E-state index contributed by atoms with van der Waals surface area (Å²) in [6.45, 7) is 3.44. The molecule has 1 atom stereocenters. The Labute approximate surface area is 186 Å². The SMILES string of the molecule is CCNC(=NCc1cccc(OC)c1OC)NCC(O)c1ccc(Cl)s1.I. The summed E-state index contributed by atoms with van der Waals surface area (Å²) in [5.41, 5.74) is 0.912. The van der Waals surface area contributed by atoms with Crippen LogP contribution in [0.3, 0.4) is 0 Å². The van der Waals surface area contributed by atoms with Crippen LogP contribution in [0.1, 0.15) is 23.5 Å². The number of nitrogens with one attached hydrogen (secondary N) is 2. The molecular formula is C18H25ClIN3O3S. The quantitative estimate of drug-likeness (QED) is 0.278. The number of thiophene rings is 1. The van der Waals surface area contributed by atoms with Crippen LogP contribution in [0.25, 0.3) is 0 Å². The molecular weight excluding hydrogens is 501 g/mol. The monoisotopic (exact) mass is 525 g/mol. The van der Waals surface area contributed by atoms with E-state index in [1.807, 2.05) is 31.2 Å². The molecule has 0 amide bonds. The second-order valence-corrected chi connectivity index (χ2v) is 7.13. The number of methoxy groups -OCH3 is 2. The summed E-state index contributed by atoms with van der Waals surface area (Å²) in [6.07, 6.45) is -0.650. The highest BCUT2D eigenvalue weighted by Gasteiger charge is 2.12. The molecule has 0 aliphatic carbocycles. The number of para-hydroxylation sites is 1. The fourth-order valence-corrected chi connectivity index (χ4v) is 3.43. The van der Waals surface area contributed by atoms with Crippen molar-refractivity contribution in [3.63, 3.8) is 0 Å². The molecule has 0 spiro atoms. The van der Waals surface area contributed by atoms with Crippen LogP contribution < -0.4 is 20.1 Å². The third-order valence-electron chi connectivity index (χ3n) is 3.62. The van der Waals surface area contributed by atoms with Gasteiger partial charge in [0.05, 0.1) is 25.1 Å². The van der Waals surface area contributed by atoms with Crippen LogP contribution in [0.4, 0.5) is 0 Å². The van der Waals surface area contributed by atoms with E-state index in [0.717, 1.165) is 10.4 Å². The minimum absolute atomic E-state index is 0. The molecule has 1 unspecified atom stereocenters. The van der Waals surface area contributed by atoms with Gasteiger partial charge >= 0.3 is 0 Å². The van der Waals surface area contributed by atoms with Crippen molar-refractivity contribution in [2.75, 3.05) is 27.3 Å². The standard InChI is InChI=1S/C18H24ClN3O3S.HI/c1-4-20-18(22-11-13(23)15-8-9-16(19)26-15)21-10-12-6-5-7-14(24-2)17(12)25-3;/h5-9,13,23H,4,10-11H2,1-3H3,(H2,20,21,22);1H. The van der Waals surface area contributed by atoms with Crippen molar-refractivity contribution in [1.82, 2.24) is 10.6 Å². The lowest BCUT2D eigenvalue weighted by Gasteiger charge is -2.15. The molecule has 1 heterocycles. The van der Waals surface area contributed by atoms with Gasteiger partial charge in [0.15, 0.2) is 17.5 Å². The van der Waals surface area contributed by atoms with Gasteiger partial charge in [-0.15, -0.1) is 35.3 Å². The van der Waals surface area contributed by atoms with Crippen molar-refractivity contribution in [2.24, 2.45) is 4.99 Å². The Hall–Kier alpha value is -1.23. The predicted octanol–water partition coefficient (Wildman–Crippen LogP) is 3.83. The first-order valence-corrected chi connectivity index (χ1v) is 9.43. The van der Waals surface area contributed by atoms with Crippen LogP contribution in [0.15, 0.2) is 35.3 Å². The molecule has 6 nitrogen and oxygen atoms in total. The highest BCUT2D eigenvalue weighted by atomic mass is 127. The van der Waals surface area contributed by atoms with E-state index in [4.69, 9.17) is 21.1 Å². The minimum atomic E-state index is -0.650. The molecule has 3 N–H and O–H groups in total. The van der Waals surface area contributed by atoms with Crippen LogP contribution in [0.2, 0.25) is 4.34 Å². The third kappa shape index (κ3) is 7.02. The van der Waals surface area contributed by atoms with Gasteiger partial charge in [-0.1, -0.05) is 23.7 Å². The molecule has 0 saturated heterocycles. The van der Waals surface area contributed by atoms with Gasteiger partial charge in [-0.25, -0.2) is 4.99 Å². The molecule has 2 rings (SSSR count). The molecule has 1 aromatic heterocycles. The maximum Gasteiger partial charge on any atom is 0.191 e. The molecule has 1 aromatic carbocycles. The second-order valence-electron chi connectivity index (χ2n) is 5.39. The molecule has 150 valence electrons. The number of hydrogen-bond acceptors (Lipinski definition) is 5. The predicted molar refractivity (Wildman–Crippen MR) is 122 cm³/mol. The summed E-state index contributed by atoms with van der Waals surface area (Å²) in [6, 6.07) is 9.29. The fraction of sp³-hybridized carbons (Fsp3) is 0.389. The maximum atomic E-state index is 10.3. The van der Waals surface area contributed by atoms with E-state index in [2.05, 4.69) is 15.6 Å². The number of hydrogen-bond donors (Lipinski definition) is 3. The summed E-state index contributed by atoms with van der Waals surface area (Å²) < 4.78 is 11.4. The van der Waals surface area contributed by atoms with Crippen molar-refractivity contribution in [3.8, 4) is 11.5 Å². The number of aliphatic imine (C=N–C) groups is 1. The van der Waals surface area contributed by atoms with Gasteiger partial charge in [-0.2, -0.15) is 0 Å². The lowest BCUT2D eigenvalue weighted by molar-refractivity contribution is 0.184. The van der Waals surface area contributed by atoms with Crippen molar-refractivity contribution < 1.29 is 14.6 Å². The lowest BCUT2D eigenvalue weighted by Crippen LogP contribution is -2.39. The van der Waals surface area contributed by atoms with Gasteiger partial charge < -0.3 is 25.2 Å². The largest absolute Gasteiger partial charge is 0.493 e. The molecule has 0 aliphatic rings. The highest BCUT2D eigenvalue weighted by Crippen LogP contribution is 2.31. The van der Waals surface area contributed by atoms with Crippen LogP contribution in [0.5, 0.6) is 11.5 Å². The Morgan fingerprint density at radius 2 is 2.00 bits per heavy atom. The first-order chi connectivity index (χ1) is 12.6. The van der Waals surface area contributed by atoms with E-state index < -0.39 is 6.10 Å². The van der Waals surface area contributed by atoms with Gasteiger partial charge in [0, 0.05) is 23.5 Å². The number of benzene rings is 1. The molecule has 27 heavy (non-hydrogen) atoms. The minimum Gasteiger partial charge on any atom is -0.493 e. The van der Waals surface area contributed by atoms with E-state index >= 15 is 0 Å². The lowest BCUT2D eigenvalue weighted by atomic mass is 10.2. The van der Waals surface area contributed by atoms with Gasteiger partial charge in [0.2, 0.25) is 0 Å². The number of aliphatic hydroxyl groups excluding tert-OH is 1. The number of nitrogens with zero attached hydrogens (tertiary/aromatic N) is 1. The molecule has 0 saturated carbocycles. The summed E-state index contributed by atoms with van der Waals surface area (Å²) in [7, 11) is 3.21. The number of guanidine groups is 1. The van der Waals surface area contributed by atoms with Crippen LogP contribution in [-0.4, -0.2) is 38.4 Å². The topological polar surface area (TPSA) is 75.1 Å². The number of halogens is 2. The zero-order valence-corrected chi connectivity index (χ0v) is 19.4. The Bertz CT molecular complexity index is 742. The highest BCUT2D eigenvalue weighted by molar-refractivity contribution is 14.0. The average Bonchev–Trinajstić information content (AvgIpc) is 3.09. The summed E-state index contributed by atoms with van der Waals surface area (Å²) in [4.78, 5) is 5.38. The van der Waals surface area contributed by atoms with Crippen molar-refractivity contribution in [1.29, 1.82) is 0 Å². The van der Waals surface area contributed by atoms with Crippen molar-refractivity contribution in [3.05, 3.63) is 45.1 Å². The number of aliphatic hydroxyl groups is 1. The number of ether oxygens (including phenoxy) is 2. The Balaban J connectivity index is 0.00000364. The number of rotatable bonds is 8. The Morgan fingerprint density at radius 1 is 1.22 bits per heavy atom. The van der Waals surface area contributed by atoms with E-state index in [1.165, 1.54) is 11.3 Å². The van der Waals surface area contributed by atoms with Gasteiger partial charge in [-0.05, 0) is 25.1 Å². The molecule has 0 radical (unpaired) electrons. The van der Waals surface area contributed by atoms with Gasteiger partial charge in [0.25, 0.3) is 0 Å². The van der Waals surface area contributed by atoms with Gasteiger partial charge in [0.1, 0.15) is 6.10 Å². The second kappa shape index (κ2) is 12.3. The van der Waals surface area contributed by atoms with E-state index in [-0.39, 0.29) is 24.0 Å². The third-order valence-corrected chi connectivity index (χ3v) is 4.95. The average molecular weight is 526 g/mol. The normalized spacial score (nSPS) is 12.1. The molecule has 0 fully saturated rings. The van der Waals surface area contributed by atoms with E-state index in [1.54, 1.807) is 20.3 Å². The first-order valence-electron chi connectivity index (χ1n) is 8.24. The Morgan fingerprint density at radius 3 is 2.59 bits per heavy atom. The molecule has 0 bridgehead atoms. The van der Waals surface area contributed by atoms with Crippen molar-refractivity contribution >= 4 is 52.9 Å². The molecule has 0 aliphatic heterocycles. The molecule has 9 heteroatoms. The van der Waals surface area contributed by atoms with E-state index in [9.17, 15) is 5.11 Å². The summed E-state index contributed by atoms with van der Waals surface area (Å²) in [5.74, 6) is 1.95. The maximum absolute atomic E-state index is 10.3. The van der Waals surface area contributed by atoms with Crippen LogP contribution in [0, 0.1) is 0 Å². The first kappa shape index (κ1) is 23.8. The van der Waals surface area contributed by atoms with Crippen LogP contribution >= 0.6 is 46.9 Å². The van der Waals surface area contributed by atoms with Gasteiger partial charge in [-0.3, -0.25) is 0 Å². The Kier molecular flexibility index (Phi) is 10.8. The summed E-state index contributed by atoms with van der Waals surface area (Å²) in [5, 5.41) is 16.6. The fourth-order valence-electron chi connectivity index (χ4n) is 2.39. The summed E-state index contributed by atoms with van der Waals surface area (Å²) >= 11 is 7.28. The zero-order valence-electron chi connectivity index (χ0n) is 15.5. The molecule has 2 aromatic rings. The van der Waals surface area contributed by atoms with Crippen molar-refractivity contribution in [2.45, 2.75) is 19.6 Å².